The van der Waals surface area contributed by atoms with Crippen LogP contribution in [0.1, 0.15) is 72.1 Å². The third-order valence-electron chi connectivity index (χ3n) is 3.67. The summed E-state index contributed by atoms with van der Waals surface area (Å²) >= 11 is 0. The normalized spacial score (nSPS) is 18.7. The molecule has 0 aromatic heterocycles. The minimum absolute atomic E-state index is 0.0261. The first kappa shape index (κ1) is 20.8. The summed E-state index contributed by atoms with van der Waals surface area (Å²) in [7, 11) is 0. The van der Waals surface area contributed by atoms with Crippen LogP contribution < -0.4 is 0 Å². The van der Waals surface area contributed by atoms with Crippen LogP contribution in [0.4, 0.5) is 8.78 Å². The van der Waals surface area contributed by atoms with E-state index in [4.69, 9.17) is 14.6 Å². The summed E-state index contributed by atoms with van der Waals surface area (Å²) in [5, 5.41) is 8.60. The quantitative estimate of drug-likeness (QED) is 0.477. The molecule has 1 saturated carbocycles. The van der Waals surface area contributed by atoms with Crippen molar-refractivity contribution in [2.45, 2.75) is 95.9 Å². The summed E-state index contributed by atoms with van der Waals surface area (Å²) in [6.45, 7) is 5.29. The van der Waals surface area contributed by atoms with E-state index in [1.165, 1.54) is 0 Å². The molecule has 1 unspecified atom stereocenters. The number of ether oxygens (including phenoxy) is 2. The van der Waals surface area contributed by atoms with E-state index in [1.54, 1.807) is 20.8 Å². The Morgan fingerprint density at radius 3 is 2.33 bits per heavy atom. The molecule has 140 valence electrons. The molecular formula is C17H28F2O5. The zero-order chi connectivity index (χ0) is 18.4. The maximum Gasteiger partial charge on any atom is 0.308 e. The standard InChI is InChI=1S/C17H28F2O5/c1-16(2,3)24-15(22)9-12(7-5-4-6-8-14(20)21)23-13-10-17(18,19)11-13/h12-13H,4-11H2,1-3H3,(H,20,21). The minimum atomic E-state index is -2.66. The van der Waals surface area contributed by atoms with Crippen molar-refractivity contribution >= 4 is 11.9 Å². The minimum Gasteiger partial charge on any atom is -0.481 e. The van der Waals surface area contributed by atoms with Gasteiger partial charge in [-0.3, -0.25) is 9.59 Å². The Kier molecular flexibility index (Phi) is 7.57. The average Bonchev–Trinajstić information content (AvgIpc) is 2.32. The molecule has 0 aromatic rings. The highest BCUT2D eigenvalue weighted by molar-refractivity contribution is 5.70. The van der Waals surface area contributed by atoms with Gasteiger partial charge in [0.2, 0.25) is 0 Å². The Morgan fingerprint density at radius 1 is 1.21 bits per heavy atom. The zero-order valence-electron chi connectivity index (χ0n) is 14.6. The lowest BCUT2D eigenvalue weighted by atomic mass is 9.90. The van der Waals surface area contributed by atoms with Crippen molar-refractivity contribution in [3.8, 4) is 0 Å². The van der Waals surface area contributed by atoms with E-state index >= 15 is 0 Å². The maximum atomic E-state index is 12.9. The molecule has 5 nitrogen and oxygen atoms in total. The van der Waals surface area contributed by atoms with Crippen molar-refractivity contribution in [1.29, 1.82) is 0 Å². The van der Waals surface area contributed by atoms with Gasteiger partial charge >= 0.3 is 11.9 Å². The number of alkyl halides is 2. The number of halogens is 2. The fourth-order valence-electron chi connectivity index (χ4n) is 2.59. The third kappa shape index (κ3) is 9.15. The lowest BCUT2D eigenvalue weighted by Crippen LogP contribution is -2.43. The number of carboxylic acids is 1. The number of carbonyl (C=O) groups excluding carboxylic acids is 1. The van der Waals surface area contributed by atoms with Gasteiger partial charge in [-0.1, -0.05) is 12.8 Å². The van der Waals surface area contributed by atoms with Gasteiger partial charge in [0, 0.05) is 19.3 Å². The number of carbonyl (C=O) groups is 2. The second kappa shape index (κ2) is 8.74. The molecule has 1 rings (SSSR count). The molecule has 1 fully saturated rings. The lowest BCUT2D eigenvalue weighted by Gasteiger charge is -2.37. The maximum absolute atomic E-state index is 12.9. The SMILES string of the molecule is CC(C)(C)OC(=O)CC(CCCCCC(=O)O)OC1CC(F)(F)C1. The van der Waals surface area contributed by atoms with E-state index < -0.39 is 35.7 Å². The largest absolute Gasteiger partial charge is 0.481 e. The molecule has 0 saturated heterocycles. The summed E-state index contributed by atoms with van der Waals surface area (Å²) in [5.74, 6) is -3.92. The van der Waals surface area contributed by atoms with E-state index in [1.807, 2.05) is 0 Å². The van der Waals surface area contributed by atoms with Gasteiger partial charge in [-0.25, -0.2) is 8.78 Å². The van der Waals surface area contributed by atoms with Crippen molar-refractivity contribution in [2.75, 3.05) is 0 Å². The molecule has 24 heavy (non-hydrogen) atoms. The van der Waals surface area contributed by atoms with Gasteiger partial charge in [0.1, 0.15) is 5.60 Å². The number of unbranched alkanes of at least 4 members (excludes halogenated alkanes) is 2. The van der Waals surface area contributed by atoms with Crippen LogP contribution >= 0.6 is 0 Å². The van der Waals surface area contributed by atoms with Crippen molar-refractivity contribution in [3.63, 3.8) is 0 Å². The second-order valence-electron chi connectivity index (χ2n) is 7.43. The molecular weight excluding hydrogens is 322 g/mol. The highest BCUT2D eigenvalue weighted by Gasteiger charge is 2.47. The Morgan fingerprint density at radius 2 is 1.83 bits per heavy atom. The molecule has 1 atom stereocenters. The summed E-state index contributed by atoms with van der Waals surface area (Å²) in [6, 6.07) is 0. The molecule has 0 bridgehead atoms. The first-order valence-corrected chi connectivity index (χ1v) is 8.44. The van der Waals surface area contributed by atoms with E-state index in [2.05, 4.69) is 0 Å². The first-order chi connectivity index (χ1) is 11.0. The molecule has 1 aliphatic carbocycles. The highest BCUT2D eigenvalue weighted by Crippen LogP contribution is 2.40. The molecule has 0 spiro atoms. The van der Waals surface area contributed by atoms with Crippen LogP contribution in [0.25, 0.3) is 0 Å². The van der Waals surface area contributed by atoms with Gasteiger partial charge in [-0.15, -0.1) is 0 Å². The predicted octanol–water partition coefficient (Wildman–Crippen LogP) is 3.94. The molecule has 0 aromatic carbocycles. The Labute approximate surface area is 141 Å². The molecule has 1 aliphatic rings. The highest BCUT2D eigenvalue weighted by atomic mass is 19.3. The monoisotopic (exact) mass is 350 g/mol. The molecule has 7 heteroatoms. The number of carboxylic acid groups (broad SMARTS) is 1. The van der Waals surface area contributed by atoms with Gasteiger partial charge in [0.05, 0.1) is 18.6 Å². The van der Waals surface area contributed by atoms with Crippen LogP contribution in [0.3, 0.4) is 0 Å². The van der Waals surface area contributed by atoms with Crippen LogP contribution in [0.5, 0.6) is 0 Å². The number of aliphatic carboxylic acids is 1. The van der Waals surface area contributed by atoms with Crippen LogP contribution in [0.15, 0.2) is 0 Å². The van der Waals surface area contributed by atoms with Crippen LogP contribution in [-0.2, 0) is 19.1 Å². The predicted molar refractivity (Wildman–Crippen MR) is 84.0 cm³/mol. The van der Waals surface area contributed by atoms with Crippen molar-refractivity contribution in [3.05, 3.63) is 0 Å². The third-order valence-corrected chi connectivity index (χ3v) is 3.67. The fraction of sp³-hybridized carbons (Fsp3) is 0.882. The van der Waals surface area contributed by atoms with Crippen LogP contribution in [-0.4, -0.2) is 40.8 Å². The summed E-state index contributed by atoms with van der Waals surface area (Å²) in [6.07, 6.45) is 0.984. The molecule has 0 amide bonds. The van der Waals surface area contributed by atoms with Crippen LogP contribution in [0, 0.1) is 0 Å². The van der Waals surface area contributed by atoms with Gasteiger partial charge in [0.25, 0.3) is 5.92 Å². The molecule has 1 N–H and O–H groups in total. The summed E-state index contributed by atoms with van der Waals surface area (Å²) in [4.78, 5) is 22.4. The lowest BCUT2D eigenvalue weighted by molar-refractivity contribution is -0.188. The Bertz CT molecular complexity index is 423. The second-order valence-corrected chi connectivity index (χ2v) is 7.43. The summed E-state index contributed by atoms with van der Waals surface area (Å²) in [5.41, 5.74) is -0.605. The number of rotatable bonds is 10. The Balaban J connectivity index is 2.40. The molecule has 0 heterocycles. The van der Waals surface area contributed by atoms with Gasteiger partial charge in [-0.05, 0) is 33.6 Å². The van der Waals surface area contributed by atoms with Gasteiger partial charge in [-0.2, -0.15) is 0 Å². The van der Waals surface area contributed by atoms with Crippen molar-refractivity contribution in [1.82, 2.24) is 0 Å². The van der Waals surface area contributed by atoms with E-state index in [9.17, 15) is 18.4 Å². The fourth-order valence-corrected chi connectivity index (χ4v) is 2.59. The Hall–Kier alpha value is -1.24. The van der Waals surface area contributed by atoms with Crippen molar-refractivity contribution in [2.24, 2.45) is 0 Å². The zero-order valence-corrected chi connectivity index (χ0v) is 14.6. The first-order valence-electron chi connectivity index (χ1n) is 8.44. The van der Waals surface area contributed by atoms with Gasteiger partial charge < -0.3 is 14.6 Å². The molecule has 0 radical (unpaired) electrons. The number of esters is 1. The average molecular weight is 350 g/mol. The number of hydrogen-bond donors (Lipinski definition) is 1. The smallest absolute Gasteiger partial charge is 0.308 e. The van der Waals surface area contributed by atoms with E-state index in [-0.39, 0.29) is 25.7 Å². The van der Waals surface area contributed by atoms with Crippen molar-refractivity contribution < 1.29 is 33.0 Å². The van der Waals surface area contributed by atoms with Gasteiger partial charge in [0.15, 0.2) is 0 Å². The van der Waals surface area contributed by atoms with Crippen LogP contribution in [0.2, 0.25) is 0 Å². The topological polar surface area (TPSA) is 72.8 Å². The molecule has 0 aliphatic heterocycles. The van der Waals surface area contributed by atoms with E-state index in [0.29, 0.717) is 25.7 Å². The summed E-state index contributed by atoms with van der Waals surface area (Å²) < 4.78 is 36.7. The van der Waals surface area contributed by atoms with E-state index in [0.717, 1.165) is 0 Å². The number of hydrogen-bond acceptors (Lipinski definition) is 4.